The predicted octanol–water partition coefficient (Wildman–Crippen LogP) is 3.36. The topological polar surface area (TPSA) is 76.4 Å². The molecule has 122 valence electrons. The van der Waals surface area contributed by atoms with Crippen LogP contribution in [0.4, 0.5) is 5.82 Å². The van der Waals surface area contributed by atoms with E-state index in [0.29, 0.717) is 41.9 Å². The Balaban J connectivity index is 1.88. The molecule has 0 radical (unpaired) electrons. The van der Waals surface area contributed by atoms with Gasteiger partial charge in [0.05, 0.1) is 29.9 Å². The van der Waals surface area contributed by atoms with Crippen LogP contribution in [0.2, 0.25) is 5.02 Å². The van der Waals surface area contributed by atoms with Crippen molar-refractivity contribution < 1.29 is 14.6 Å². The first-order valence-corrected chi connectivity index (χ1v) is 7.94. The zero-order valence-corrected chi connectivity index (χ0v) is 13.7. The molecule has 1 aliphatic rings. The minimum absolute atomic E-state index is 0.0605. The molecule has 1 unspecified atom stereocenters. The fraction of sp³-hybridized carbons (Fsp3) is 0.375. The highest BCUT2D eigenvalue weighted by Gasteiger charge is 2.31. The molecule has 1 atom stereocenters. The lowest BCUT2D eigenvalue weighted by Crippen LogP contribution is -2.10. The number of aryl methyl sites for hydroxylation is 1. The predicted molar refractivity (Wildman–Crippen MR) is 87.5 cm³/mol. The standard InChI is InChI=1S/C16H18ClN3O3/c1-3-11-14(16(21)22)15-18-12(8-20(15)19-11)9-5-6-13(23-4-2)10(17)7-9/h5-7,12,18H,3-4,8H2,1-2H3,(H,21,22). The zero-order chi connectivity index (χ0) is 16.6. The number of halogens is 1. The monoisotopic (exact) mass is 335 g/mol. The number of benzene rings is 1. The van der Waals surface area contributed by atoms with Crippen molar-refractivity contribution >= 4 is 23.4 Å². The van der Waals surface area contributed by atoms with Crippen molar-refractivity contribution in [2.75, 3.05) is 11.9 Å². The SMILES string of the molecule is CCOc1ccc(C2Cn3nc(CC)c(C(=O)O)c3N2)cc1Cl. The fourth-order valence-electron chi connectivity index (χ4n) is 2.84. The van der Waals surface area contributed by atoms with Gasteiger partial charge in [0.25, 0.3) is 0 Å². The van der Waals surface area contributed by atoms with Crippen molar-refractivity contribution in [3.05, 3.63) is 40.0 Å². The number of aromatic nitrogens is 2. The van der Waals surface area contributed by atoms with Gasteiger partial charge in [0.15, 0.2) is 0 Å². The number of aromatic carboxylic acids is 1. The lowest BCUT2D eigenvalue weighted by molar-refractivity contribution is 0.0697. The number of carboxylic acids is 1. The molecule has 7 heteroatoms. The normalized spacial score (nSPS) is 16.0. The van der Waals surface area contributed by atoms with Crippen molar-refractivity contribution in [3.8, 4) is 5.75 Å². The van der Waals surface area contributed by atoms with Gasteiger partial charge in [0, 0.05) is 0 Å². The molecule has 0 bridgehead atoms. The van der Waals surface area contributed by atoms with Crippen molar-refractivity contribution in [1.29, 1.82) is 0 Å². The number of nitrogens with zero attached hydrogens (tertiary/aromatic N) is 2. The maximum Gasteiger partial charge on any atom is 0.341 e. The Morgan fingerprint density at radius 3 is 2.91 bits per heavy atom. The number of rotatable bonds is 5. The molecule has 6 nitrogen and oxygen atoms in total. The molecule has 0 fully saturated rings. The highest BCUT2D eigenvalue weighted by molar-refractivity contribution is 6.32. The number of hydrogen-bond acceptors (Lipinski definition) is 4. The van der Waals surface area contributed by atoms with Crippen LogP contribution in [-0.4, -0.2) is 27.5 Å². The van der Waals surface area contributed by atoms with Gasteiger partial charge in [-0.2, -0.15) is 5.10 Å². The molecule has 2 N–H and O–H groups in total. The van der Waals surface area contributed by atoms with Crippen LogP contribution < -0.4 is 10.1 Å². The Bertz CT molecular complexity index is 757. The second-order valence-electron chi connectivity index (χ2n) is 5.33. The van der Waals surface area contributed by atoms with Crippen molar-refractivity contribution in [1.82, 2.24) is 9.78 Å². The van der Waals surface area contributed by atoms with Crippen LogP contribution in [0.25, 0.3) is 0 Å². The van der Waals surface area contributed by atoms with Gasteiger partial charge in [0.1, 0.15) is 17.1 Å². The van der Waals surface area contributed by atoms with Crippen molar-refractivity contribution in [2.45, 2.75) is 32.9 Å². The minimum Gasteiger partial charge on any atom is -0.492 e. The van der Waals surface area contributed by atoms with Crippen LogP contribution in [0.3, 0.4) is 0 Å². The van der Waals surface area contributed by atoms with Gasteiger partial charge in [-0.3, -0.25) is 0 Å². The summed E-state index contributed by atoms with van der Waals surface area (Å²) >= 11 is 6.23. The zero-order valence-electron chi connectivity index (χ0n) is 13.0. The van der Waals surface area contributed by atoms with Gasteiger partial charge in [-0.25, -0.2) is 9.48 Å². The van der Waals surface area contributed by atoms with E-state index in [1.165, 1.54) is 0 Å². The van der Waals surface area contributed by atoms with Crippen LogP contribution in [-0.2, 0) is 13.0 Å². The van der Waals surface area contributed by atoms with E-state index >= 15 is 0 Å². The summed E-state index contributed by atoms with van der Waals surface area (Å²) in [4.78, 5) is 11.5. The first-order valence-electron chi connectivity index (χ1n) is 7.56. The minimum atomic E-state index is -0.957. The summed E-state index contributed by atoms with van der Waals surface area (Å²) < 4.78 is 7.15. The van der Waals surface area contributed by atoms with E-state index in [1.54, 1.807) is 4.68 Å². The summed E-state index contributed by atoms with van der Waals surface area (Å²) in [5.41, 5.74) is 1.83. The second-order valence-corrected chi connectivity index (χ2v) is 5.74. The maximum atomic E-state index is 11.5. The molecule has 0 saturated carbocycles. The number of ether oxygens (including phenoxy) is 1. The average Bonchev–Trinajstić information content (AvgIpc) is 3.05. The van der Waals surface area contributed by atoms with Crippen molar-refractivity contribution in [2.24, 2.45) is 0 Å². The van der Waals surface area contributed by atoms with Crippen molar-refractivity contribution in [3.63, 3.8) is 0 Å². The molecule has 2 aromatic rings. The Kier molecular flexibility index (Phi) is 4.17. The molecule has 0 aliphatic carbocycles. The highest BCUT2D eigenvalue weighted by Crippen LogP contribution is 2.35. The van der Waals surface area contributed by atoms with Crippen LogP contribution in [0.5, 0.6) is 5.75 Å². The Labute approximate surface area is 139 Å². The number of anilines is 1. The van der Waals surface area contributed by atoms with Gasteiger partial charge in [0.2, 0.25) is 0 Å². The Morgan fingerprint density at radius 1 is 1.52 bits per heavy atom. The number of nitrogens with one attached hydrogen (secondary N) is 1. The van der Waals surface area contributed by atoms with Crippen LogP contribution >= 0.6 is 11.6 Å². The molecule has 1 aromatic carbocycles. The lowest BCUT2D eigenvalue weighted by Gasteiger charge is -2.14. The van der Waals surface area contributed by atoms with Crippen LogP contribution in [0.15, 0.2) is 18.2 Å². The maximum absolute atomic E-state index is 11.5. The summed E-state index contributed by atoms with van der Waals surface area (Å²) in [7, 11) is 0. The summed E-state index contributed by atoms with van der Waals surface area (Å²) in [6, 6.07) is 5.55. The molecule has 1 aliphatic heterocycles. The quantitative estimate of drug-likeness (QED) is 0.876. The molecular weight excluding hydrogens is 318 g/mol. The van der Waals surface area contributed by atoms with Crippen LogP contribution in [0.1, 0.15) is 41.5 Å². The molecule has 0 amide bonds. The lowest BCUT2D eigenvalue weighted by atomic mass is 10.1. The van der Waals surface area contributed by atoms with Gasteiger partial charge < -0.3 is 15.2 Å². The van der Waals surface area contributed by atoms with E-state index in [2.05, 4.69) is 10.4 Å². The van der Waals surface area contributed by atoms with Gasteiger partial charge in [-0.05, 0) is 31.0 Å². The summed E-state index contributed by atoms with van der Waals surface area (Å²) in [6.07, 6.45) is 0.586. The molecule has 0 saturated heterocycles. The molecule has 0 spiro atoms. The highest BCUT2D eigenvalue weighted by atomic mass is 35.5. The number of fused-ring (bicyclic) bond motifs is 1. The first kappa shape index (κ1) is 15.7. The van der Waals surface area contributed by atoms with E-state index in [-0.39, 0.29) is 11.6 Å². The molecule has 23 heavy (non-hydrogen) atoms. The Morgan fingerprint density at radius 2 is 2.30 bits per heavy atom. The van der Waals surface area contributed by atoms with E-state index in [0.717, 1.165) is 5.56 Å². The largest absolute Gasteiger partial charge is 0.492 e. The third-order valence-electron chi connectivity index (χ3n) is 3.90. The fourth-order valence-corrected chi connectivity index (χ4v) is 3.08. The first-order chi connectivity index (χ1) is 11.0. The molecule has 3 rings (SSSR count). The van der Waals surface area contributed by atoms with E-state index in [9.17, 15) is 9.90 Å². The molecule has 1 aromatic heterocycles. The van der Waals surface area contributed by atoms with Gasteiger partial charge in [-0.1, -0.05) is 24.6 Å². The van der Waals surface area contributed by atoms with E-state index < -0.39 is 5.97 Å². The molecule has 2 heterocycles. The van der Waals surface area contributed by atoms with Gasteiger partial charge in [-0.15, -0.1) is 0 Å². The number of carbonyl (C=O) groups is 1. The average molecular weight is 336 g/mol. The second kappa shape index (κ2) is 6.12. The van der Waals surface area contributed by atoms with Crippen LogP contribution in [0, 0.1) is 0 Å². The number of hydrogen-bond donors (Lipinski definition) is 2. The van der Waals surface area contributed by atoms with E-state index in [1.807, 2.05) is 32.0 Å². The number of carboxylic acid groups (broad SMARTS) is 1. The summed E-state index contributed by atoms with van der Waals surface area (Å²) in [6.45, 7) is 4.92. The molecular formula is C16H18ClN3O3. The van der Waals surface area contributed by atoms with E-state index in [4.69, 9.17) is 16.3 Å². The Hall–Kier alpha value is -2.21. The third kappa shape index (κ3) is 2.74. The summed E-state index contributed by atoms with van der Waals surface area (Å²) in [5, 5.41) is 17.6. The van der Waals surface area contributed by atoms with Gasteiger partial charge >= 0.3 is 5.97 Å². The third-order valence-corrected chi connectivity index (χ3v) is 4.19. The summed E-state index contributed by atoms with van der Waals surface area (Å²) in [5.74, 6) is 0.249. The smallest absolute Gasteiger partial charge is 0.341 e.